The number of carbonyl (C=O) groups is 1. The van der Waals surface area contributed by atoms with E-state index in [-0.39, 0.29) is 30.0 Å². The van der Waals surface area contributed by atoms with E-state index in [2.05, 4.69) is 91.8 Å². The average Bonchev–Trinajstić information content (AvgIpc) is 3.30. The number of hydrogen-bond donors (Lipinski definition) is 1. The third kappa shape index (κ3) is 7.39. The summed E-state index contributed by atoms with van der Waals surface area (Å²) in [5.41, 5.74) is 6.59. The highest BCUT2D eigenvalue weighted by Crippen LogP contribution is 2.49. The van der Waals surface area contributed by atoms with E-state index in [9.17, 15) is 14.3 Å². The Morgan fingerprint density at radius 2 is 1.63 bits per heavy atom. The lowest BCUT2D eigenvalue weighted by molar-refractivity contribution is -0.438. The highest BCUT2D eigenvalue weighted by molar-refractivity contribution is 7.51. The van der Waals surface area contributed by atoms with Gasteiger partial charge in [-0.1, -0.05) is 69.2 Å². The lowest BCUT2D eigenvalue weighted by Crippen LogP contribution is -2.30. The Kier molecular flexibility index (Phi) is 10.5. The SMILES string of the molecule is CCOP(=O)([O-])CCN1/C(=C/C=C/C2=[N+](CCCCCCCC(=O)O)c3ccccc3C2(C)C)C(C)(C)c2ccccc21. The fraction of sp³-hybridized carbons (Fsp3) is 0.486. The first-order valence-corrected chi connectivity index (χ1v) is 17.3. The number of allylic oxidation sites excluding steroid dienone is 4. The van der Waals surface area contributed by atoms with Crippen molar-refractivity contribution < 1.29 is 28.5 Å². The van der Waals surface area contributed by atoms with E-state index < -0.39 is 13.6 Å². The minimum atomic E-state index is -3.93. The number of rotatable bonds is 15. The van der Waals surface area contributed by atoms with Gasteiger partial charge in [0.05, 0.1) is 12.0 Å². The number of aliphatic carboxylic acids is 1. The van der Waals surface area contributed by atoms with Gasteiger partial charge >= 0.3 is 5.97 Å². The lowest BCUT2D eigenvalue weighted by Gasteiger charge is -2.30. The number of carboxylic acids is 1. The molecule has 0 aliphatic carbocycles. The third-order valence-electron chi connectivity index (χ3n) is 8.80. The van der Waals surface area contributed by atoms with E-state index in [1.54, 1.807) is 6.92 Å². The van der Waals surface area contributed by atoms with Crippen molar-refractivity contribution in [2.75, 3.05) is 30.8 Å². The number of fused-ring (bicyclic) bond motifs is 2. The molecule has 0 bridgehead atoms. The van der Waals surface area contributed by atoms with Gasteiger partial charge in [-0.2, -0.15) is 4.58 Å². The first kappa shape index (κ1) is 32.9. The molecule has 2 aliphatic heterocycles. The molecule has 0 radical (unpaired) electrons. The Hall–Kier alpha value is -2.99. The monoisotopic (exact) mass is 606 g/mol. The Morgan fingerprint density at radius 1 is 0.977 bits per heavy atom. The second-order valence-corrected chi connectivity index (χ2v) is 14.5. The summed E-state index contributed by atoms with van der Waals surface area (Å²) < 4.78 is 20.0. The highest BCUT2D eigenvalue weighted by Gasteiger charge is 2.44. The summed E-state index contributed by atoms with van der Waals surface area (Å²) in [5, 5.41) is 8.89. The van der Waals surface area contributed by atoms with Gasteiger partial charge in [-0.25, -0.2) is 0 Å². The van der Waals surface area contributed by atoms with Crippen LogP contribution in [0.25, 0.3) is 0 Å². The molecule has 2 heterocycles. The maximum atomic E-state index is 12.5. The highest BCUT2D eigenvalue weighted by atomic mass is 31.2. The van der Waals surface area contributed by atoms with Crippen LogP contribution in [0, 0.1) is 0 Å². The van der Waals surface area contributed by atoms with E-state index in [4.69, 9.17) is 9.63 Å². The largest absolute Gasteiger partial charge is 0.778 e. The maximum Gasteiger partial charge on any atom is 0.303 e. The molecule has 0 spiro atoms. The first-order valence-electron chi connectivity index (χ1n) is 15.6. The molecule has 0 fully saturated rings. The van der Waals surface area contributed by atoms with Crippen molar-refractivity contribution in [2.45, 2.75) is 84.0 Å². The molecule has 2 aliphatic rings. The molecular formula is C35H47N2O5P. The van der Waals surface area contributed by atoms with Crippen molar-refractivity contribution in [2.24, 2.45) is 0 Å². The van der Waals surface area contributed by atoms with Gasteiger partial charge < -0.3 is 24.0 Å². The molecule has 2 aromatic rings. The van der Waals surface area contributed by atoms with Crippen molar-refractivity contribution in [3.05, 3.63) is 83.6 Å². The van der Waals surface area contributed by atoms with E-state index in [1.807, 2.05) is 12.1 Å². The second-order valence-electron chi connectivity index (χ2n) is 12.5. The van der Waals surface area contributed by atoms with Crippen LogP contribution < -0.4 is 9.79 Å². The van der Waals surface area contributed by atoms with Crippen LogP contribution in [-0.2, 0) is 24.7 Å². The van der Waals surface area contributed by atoms with Crippen molar-refractivity contribution in [3.8, 4) is 0 Å². The fourth-order valence-corrected chi connectivity index (χ4v) is 7.52. The summed E-state index contributed by atoms with van der Waals surface area (Å²) >= 11 is 0. The van der Waals surface area contributed by atoms with Gasteiger partial charge in [-0.15, -0.1) is 0 Å². The molecule has 8 heteroatoms. The van der Waals surface area contributed by atoms with Crippen molar-refractivity contribution in [1.82, 2.24) is 0 Å². The minimum absolute atomic E-state index is 0.0594. The van der Waals surface area contributed by atoms with Gasteiger partial charge in [0.2, 0.25) is 5.69 Å². The van der Waals surface area contributed by atoms with Gasteiger partial charge in [0.25, 0.3) is 0 Å². The molecule has 2 aromatic carbocycles. The molecule has 1 N–H and O–H groups in total. The fourth-order valence-electron chi connectivity index (χ4n) is 6.55. The second kappa shape index (κ2) is 13.8. The third-order valence-corrected chi connectivity index (χ3v) is 10.2. The van der Waals surface area contributed by atoms with E-state index in [1.165, 1.54) is 22.5 Å². The summed E-state index contributed by atoms with van der Waals surface area (Å²) in [6.45, 7) is 12.0. The molecule has 232 valence electrons. The van der Waals surface area contributed by atoms with Crippen molar-refractivity contribution in [1.29, 1.82) is 0 Å². The van der Waals surface area contributed by atoms with E-state index >= 15 is 0 Å². The smallest absolute Gasteiger partial charge is 0.303 e. The zero-order chi connectivity index (χ0) is 31.3. The van der Waals surface area contributed by atoms with Gasteiger partial charge in [0, 0.05) is 60.1 Å². The molecular weight excluding hydrogens is 559 g/mol. The van der Waals surface area contributed by atoms with Crippen LogP contribution in [0.3, 0.4) is 0 Å². The molecule has 1 atom stereocenters. The van der Waals surface area contributed by atoms with Crippen LogP contribution in [-0.4, -0.2) is 47.2 Å². The quantitative estimate of drug-likeness (QED) is 0.130. The molecule has 1 unspecified atom stereocenters. The molecule has 4 rings (SSSR count). The number of carboxylic acid groups (broad SMARTS) is 1. The predicted molar refractivity (Wildman–Crippen MR) is 173 cm³/mol. The molecule has 43 heavy (non-hydrogen) atoms. The topological polar surface area (TPSA) is 92.9 Å². The zero-order valence-electron chi connectivity index (χ0n) is 26.3. The van der Waals surface area contributed by atoms with Gasteiger partial charge in [0.15, 0.2) is 5.71 Å². The Balaban J connectivity index is 1.61. The van der Waals surface area contributed by atoms with Crippen LogP contribution >= 0.6 is 7.60 Å². The average molecular weight is 607 g/mol. The molecule has 0 amide bonds. The number of nitrogens with zero attached hydrogens (tertiary/aromatic N) is 2. The normalized spacial score (nSPS) is 19.2. The Morgan fingerprint density at radius 3 is 2.35 bits per heavy atom. The summed E-state index contributed by atoms with van der Waals surface area (Å²) in [4.78, 5) is 25.4. The summed E-state index contributed by atoms with van der Waals surface area (Å²) in [6, 6.07) is 16.8. The van der Waals surface area contributed by atoms with Crippen molar-refractivity contribution >= 4 is 30.7 Å². The maximum absolute atomic E-state index is 12.5. The van der Waals surface area contributed by atoms with E-state index in [0.717, 1.165) is 50.0 Å². The molecule has 0 saturated heterocycles. The summed E-state index contributed by atoms with van der Waals surface area (Å²) in [5.74, 6) is -0.721. The summed E-state index contributed by atoms with van der Waals surface area (Å²) in [7, 11) is -3.93. The van der Waals surface area contributed by atoms with Crippen molar-refractivity contribution in [3.63, 3.8) is 0 Å². The van der Waals surface area contributed by atoms with Gasteiger partial charge in [0.1, 0.15) is 14.1 Å². The predicted octanol–water partition coefficient (Wildman–Crippen LogP) is 7.32. The Bertz CT molecular complexity index is 1460. The van der Waals surface area contributed by atoms with Crippen LogP contribution in [0.2, 0.25) is 0 Å². The van der Waals surface area contributed by atoms with Crippen LogP contribution in [0.5, 0.6) is 0 Å². The zero-order valence-corrected chi connectivity index (χ0v) is 27.2. The number of para-hydroxylation sites is 2. The minimum Gasteiger partial charge on any atom is -0.778 e. The van der Waals surface area contributed by atoms with Gasteiger partial charge in [-0.05, 0) is 51.3 Å². The van der Waals surface area contributed by atoms with Crippen LogP contribution in [0.4, 0.5) is 11.4 Å². The number of unbranched alkanes of at least 4 members (excludes halogenated alkanes) is 4. The van der Waals surface area contributed by atoms with Crippen LogP contribution in [0.15, 0.2) is 72.5 Å². The molecule has 0 aromatic heterocycles. The number of benzene rings is 2. The number of hydrogen-bond acceptors (Lipinski definition) is 5. The standard InChI is InChI=1S/C35H47N2O5P/c1-6-42-43(40,41)26-25-37-30-20-14-12-18-28(30)35(4,5)32(37)22-16-21-31-34(2,3)27-17-11-13-19-29(27)36(31)24-15-9-7-8-10-23-33(38)39/h11-14,16-22H,6-10,15,23-26H2,1-5H3,(H-,38,39,40,41). The van der Waals surface area contributed by atoms with Gasteiger partial charge in [-0.3, -0.25) is 4.79 Å². The lowest BCUT2D eigenvalue weighted by atomic mass is 9.81. The number of anilines is 1. The first-order chi connectivity index (χ1) is 20.4. The van der Waals surface area contributed by atoms with E-state index in [0.29, 0.717) is 6.54 Å². The molecule has 7 nitrogen and oxygen atoms in total. The molecule has 0 saturated carbocycles. The summed E-state index contributed by atoms with van der Waals surface area (Å²) in [6.07, 6.45) is 11.5. The van der Waals surface area contributed by atoms with Crippen LogP contribution in [0.1, 0.15) is 84.3 Å². The Labute approximate surface area is 257 Å².